The second kappa shape index (κ2) is 46.9. The lowest BCUT2D eigenvalue weighted by Crippen LogP contribution is -2.60. The van der Waals surface area contributed by atoms with Gasteiger partial charge in [-0.1, -0.05) is 223 Å². The van der Waals surface area contributed by atoms with Crippen molar-refractivity contribution in [2.75, 3.05) is 13.2 Å². The fourth-order valence-corrected chi connectivity index (χ4v) is 8.65. The maximum absolute atomic E-state index is 13.0. The highest BCUT2D eigenvalue weighted by Crippen LogP contribution is 2.23. The van der Waals surface area contributed by atoms with E-state index in [4.69, 9.17) is 9.47 Å². The molecule has 386 valence electrons. The van der Waals surface area contributed by atoms with Crippen molar-refractivity contribution in [3.05, 3.63) is 48.6 Å². The molecule has 0 radical (unpaired) electrons. The van der Waals surface area contributed by atoms with Crippen LogP contribution in [0, 0.1) is 0 Å². The third kappa shape index (κ3) is 36.2. The maximum Gasteiger partial charge on any atom is 0.220 e. The Morgan fingerprint density at radius 1 is 0.500 bits per heavy atom. The lowest BCUT2D eigenvalue weighted by Gasteiger charge is -2.40. The van der Waals surface area contributed by atoms with Gasteiger partial charge in [-0.3, -0.25) is 4.79 Å². The number of hydrogen-bond donors (Lipinski definition) is 6. The summed E-state index contributed by atoms with van der Waals surface area (Å²) in [5, 5.41) is 54.4. The summed E-state index contributed by atoms with van der Waals surface area (Å²) in [6.07, 6.45) is 54.5. The number of amides is 1. The van der Waals surface area contributed by atoms with Crippen molar-refractivity contribution in [2.24, 2.45) is 0 Å². The van der Waals surface area contributed by atoms with Gasteiger partial charge in [-0.2, -0.15) is 0 Å². The van der Waals surface area contributed by atoms with E-state index in [1.54, 1.807) is 6.08 Å². The summed E-state index contributed by atoms with van der Waals surface area (Å²) >= 11 is 0. The van der Waals surface area contributed by atoms with E-state index in [-0.39, 0.29) is 12.5 Å². The highest BCUT2D eigenvalue weighted by molar-refractivity contribution is 5.76. The topological polar surface area (TPSA) is 149 Å². The average Bonchev–Trinajstić information content (AvgIpc) is 3.32. The Morgan fingerprint density at radius 3 is 1.27 bits per heavy atom. The smallest absolute Gasteiger partial charge is 0.220 e. The third-order valence-corrected chi connectivity index (χ3v) is 13.1. The first kappa shape index (κ1) is 62.2. The van der Waals surface area contributed by atoms with E-state index in [1.807, 2.05) is 6.08 Å². The van der Waals surface area contributed by atoms with Crippen LogP contribution in [-0.4, -0.2) is 87.5 Å². The number of carbonyl (C=O) groups is 1. The van der Waals surface area contributed by atoms with E-state index in [9.17, 15) is 30.3 Å². The van der Waals surface area contributed by atoms with Gasteiger partial charge in [0, 0.05) is 6.42 Å². The van der Waals surface area contributed by atoms with Gasteiger partial charge in [0.15, 0.2) is 6.29 Å². The Hall–Kier alpha value is -1.85. The van der Waals surface area contributed by atoms with E-state index in [0.29, 0.717) is 6.42 Å². The SMILES string of the molecule is CCCCCCCCCC/C=C\CCCCCCCCCCCCCC(=O)NC(COC1OC(CO)C(O)C(O)C1O)C(O)/C=C/CC/C=C/CC/C=C/CCCCCCCCCCCC. The molecule has 1 aliphatic rings. The molecule has 1 rings (SSSR count). The van der Waals surface area contributed by atoms with Crippen LogP contribution in [0.15, 0.2) is 48.6 Å². The molecule has 6 N–H and O–H groups in total. The number of rotatable bonds is 47. The molecule has 0 aromatic heterocycles. The van der Waals surface area contributed by atoms with Crippen molar-refractivity contribution >= 4 is 5.91 Å². The molecule has 0 spiro atoms. The molecular weight excluding hydrogens is 827 g/mol. The molecule has 9 heteroatoms. The van der Waals surface area contributed by atoms with Gasteiger partial charge in [0.05, 0.1) is 25.4 Å². The lowest BCUT2D eigenvalue weighted by atomic mass is 9.99. The van der Waals surface area contributed by atoms with Gasteiger partial charge in [-0.05, 0) is 70.6 Å². The van der Waals surface area contributed by atoms with Crippen LogP contribution in [0.25, 0.3) is 0 Å². The van der Waals surface area contributed by atoms with E-state index in [0.717, 1.165) is 44.9 Å². The standard InChI is InChI=1S/C57H105NO8/c1-3-5-7-9-11-13-15-17-19-21-23-25-26-27-29-31-33-35-37-39-41-43-45-47-53(61)58-50(49-65-57-56(64)55(63)54(62)52(48-59)66-57)51(60)46-44-42-40-38-36-34-32-30-28-24-22-20-18-16-14-12-10-8-6-4-2/h21,23,28,30,36,38,44,46,50-52,54-57,59-60,62-64H,3-20,22,24-27,29,31-35,37,39-43,45,47-49H2,1-2H3,(H,58,61)/b23-21-,30-28+,38-36+,46-44+. The normalized spacial score (nSPS) is 20.1. The minimum absolute atomic E-state index is 0.190. The number of ether oxygens (including phenoxy) is 2. The quantitative estimate of drug-likeness (QED) is 0.0261. The van der Waals surface area contributed by atoms with E-state index < -0.39 is 49.5 Å². The number of aliphatic hydroxyl groups excluding tert-OH is 5. The monoisotopic (exact) mass is 932 g/mol. The zero-order valence-corrected chi connectivity index (χ0v) is 42.7. The van der Waals surface area contributed by atoms with Crippen molar-refractivity contribution in [3.63, 3.8) is 0 Å². The van der Waals surface area contributed by atoms with Gasteiger partial charge < -0.3 is 40.3 Å². The van der Waals surface area contributed by atoms with Crippen molar-refractivity contribution in [2.45, 2.75) is 294 Å². The van der Waals surface area contributed by atoms with Crippen molar-refractivity contribution in [3.8, 4) is 0 Å². The number of aliphatic hydroxyl groups is 5. The van der Waals surface area contributed by atoms with E-state index >= 15 is 0 Å². The van der Waals surface area contributed by atoms with Crippen LogP contribution >= 0.6 is 0 Å². The first-order valence-electron chi connectivity index (χ1n) is 27.9. The average molecular weight is 932 g/mol. The Balaban J connectivity index is 2.28. The molecule has 1 aliphatic heterocycles. The maximum atomic E-state index is 13.0. The first-order chi connectivity index (χ1) is 32.3. The van der Waals surface area contributed by atoms with Crippen LogP contribution in [0.5, 0.6) is 0 Å². The zero-order valence-electron chi connectivity index (χ0n) is 42.7. The molecule has 7 unspecified atom stereocenters. The second-order valence-electron chi connectivity index (χ2n) is 19.4. The van der Waals surface area contributed by atoms with Crippen LogP contribution in [0.3, 0.4) is 0 Å². The molecule has 0 aliphatic carbocycles. The van der Waals surface area contributed by atoms with Crippen molar-refractivity contribution in [1.82, 2.24) is 5.32 Å². The Morgan fingerprint density at radius 2 is 0.864 bits per heavy atom. The molecule has 9 nitrogen and oxygen atoms in total. The minimum Gasteiger partial charge on any atom is -0.394 e. The predicted octanol–water partition coefficient (Wildman–Crippen LogP) is 13.3. The minimum atomic E-state index is -1.58. The van der Waals surface area contributed by atoms with Crippen LogP contribution in [0.2, 0.25) is 0 Å². The molecule has 66 heavy (non-hydrogen) atoms. The molecular formula is C57H105NO8. The molecule has 0 bridgehead atoms. The van der Waals surface area contributed by atoms with Crippen LogP contribution in [0.4, 0.5) is 0 Å². The summed E-state index contributed by atoms with van der Waals surface area (Å²) in [5.41, 5.74) is 0. The molecule has 0 saturated carbocycles. The molecule has 7 atom stereocenters. The van der Waals surface area contributed by atoms with Gasteiger partial charge >= 0.3 is 0 Å². The van der Waals surface area contributed by atoms with Crippen LogP contribution < -0.4 is 5.32 Å². The zero-order chi connectivity index (χ0) is 48.0. The Kier molecular flexibility index (Phi) is 44.1. The van der Waals surface area contributed by atoms with E-state index in [2.05, 4.69) is 55.6 Å². The second-order valence-corrected chi connectivity index (χ2v) is 19.4. The highest BCUT2D eigenvalue weighted by Gasteiger charge is 2.44. The number of carbonyl (C=O) groups excluding carboxylic acids is 1. The fourth-order valence-electron chi connectivity index (χ4n) is 8.65. The molecule has 1 amide bonds. The van der Waals surface area contributed by atoms with Gasteiger partial charge in [0.1, 0.15) is 24.4 Å². The van der Waals surface area contributed by atoms with Gasteiger partial charge in [-0.15, -0.1) is 0 Å². The first-order valence-corrected chi connectivity index (χ1v) is 27.9. The summed E-state index contributed by atoms with van der Waals surface area (Å²) in [6.45, 7) is 3.77. The van der Waals surface area contributed by atoms with Crippen LogP contribution in [-0.2, 0) is 14.3 Å². The van der Waals surface area contributed by atoms with Crippen molar-refractivity contribution < 1.29 is 39.8 Å². The summed E-state index contributed by atoms with van der Waals surface area (Å²) in [4.78, 5) is 13.0. The summed E-state index contributed by atoms with van der Waals surface area (Å²) < 4.78 is 11.2. The Labute approximate surface area is 405 Å². The predicted molar refractivity (Wildman–Crippen MR) is 276 cm³/mol. The lowest BCUT2D eigenvalue weighted by molar-refractivity contribution is -0.302. The number of nitrogens with one attached hydrogen (secondary N) is 1. The largest absolute Gasteiger partial charge is 0.394 e. The number of allylic oxidation sites excluding steroid dienone is 7. The molecule has 1 fully saturated rings. The fraction of sp³-hybridized carbons (Fsp3) is 0.842. The number of hydrogen-bond acceptors (Lipinski definition) is 8. The summed E-state index contributed by atoms with van der Waals surface area (Å²) in [5.74, 6) is -0.190. The molecule has 0 aromatic rings. The van der Waals surface area contributed by atoms with E-state index in [1.165, 1.54) is 186 Å². The van der Waals surface area contributed by atoms with Gasteiger partial charge in [-0.25, -0.2) is 0 Å². The molecule has 1 heterocycles. The highest BCUT2D eigenvalue weighted by atomic mass is 16.7. The summed E-state index contributed by atoms with van der Waals surface area (Å²) in [7, 11) is 0. The third-order valence-electron chi connectivity index (χ3n) is 13.1. The summed E-state index contributed by atoms with van der Waals surface area (Å²) in [6, 6.07) is -0.829. The van der Waals surface area contributed by atoms with Crippen LogP contribution in [0.1, 0.15) is 251 Å². The van der Waals surface area contributed by atoms with Gasteiger partial charge in [0.25, 0.3) is 0 Å². The Bertz CT molecular complexity index is 1170. The molecule has 0 aromatic carbocycles. The number of unbranched alkanes of at least 4 members (excludes halogenated alkanes) is 31. The molecule has 1 saturated heterocycles. The van der Waals surface area contributed by atoms with Crippen molar-refractivity contribution in [1.29, 1.82) is 0 Å². The van der Waals surface area contributed by atoms with Gasteiger partial charge in [0.2, 0.25) is 5.91 Å².